The molecule has 0 aliphatic rings. The maximum absolute atomic E-state index is 5.83. The van der Waals surface area contributed by atoms with Gasteiger partial charge >= 0.3 is 0 Å². The summed E-state index contributed by atoms with van der Waals surface area (Å²) in [6, 6.07) is 12.5. The van der Waals surface area contributed by atoms with Crippen LogP contribution in [0.1, 0.15) is 17.0 Å². The van der Waals surface area contributed by atoms with E-state index in [9.17, 15) is 0 Å². The van der Waals surface area contributed by atoms with E-state index in [-0.39, 0.29) is 0 Å². The van der Waals surface area contributed by atoms with Gasteiger partial charge in [0.1, 0.15) is 5.82 Å². The van der Waals surface area contributed by atoms with Crippen LogP contribution >= 0.6 is 0 Å². The molecule has 96 valence electrons. The molecule has 0 unspecified atom stereocenters. The molecule has 2 N–H and O–H groups in total. The zero-order valence-corrected chi connectivity index (χ0v) is 11.0. The van der Waals surface area contributed by atoms with Gasteiger partial charge in [-0.25, -0.2) is 4.98 Å². The van der Waals surface area contributed by atoms with Gasteiger partial charge in [0, 0.05) is 18.3 Å². The van der Waals surface area contributed by atoms with E-state index in [4.69, 9.17) is 5.73 Å². The molecule has 0 saturated heterocycles. The fraction of sp³-hybridized carbons (Fsp3) is 0.188. The second-order valence-electron chi connectivity index (χ2n) is 4.92. The number of nitrogens with zero attached hydrogens (tertiary/aromatic N) is 2. The van der Waals surface area contributed by atoms with Crippen LogP contribution in [-0.2, 0) is 12.8 Å². The summed E-state index contributed by atoms with van der Waals surface area (Å²) < 4.78 is 2.07. The first-order valence-electron chi connectivity index (χ1n) is 6.49. The average molecular weight is 251 g/mol. The Kier molecular flexibility index (Phi) is 2.95. The molecule has 3 nitrogen and oxygen atoms in total. The van der Waals surface area contributed by atoms with Crippen LogP contribution in [0.3, 0.4) is 0 Å². The van der Waals surface area contributed by atoms with Crippen molar-refractivity contribution in [2.45, 2.75) is 19.8 Å². The normalized spacial score (nSPS) is 11.0. The summed E-state index contributed by atoms with van der Waals surface area (Å²) in [5.74, 6) is 1.06. The van der Waals surface area contributed by atoms with Gasteiger partial charge in [0.05, 0.1) is 11.7 Å². The predicted octanol–water partition coefficient (Wildman–Crippen LogP) is 3.01. The first-order chi connectivity index (χ1) is 9.22. The highest BCUT2D eigenvalue weighted by Gasteiger charge is 2.04. The van der Waals surface area contributed by atoms with Crippen molar-refractivity contribution in [1.29, 1.82) is 0 Å². The van der Waals surface area contributed by atoms with Gasteiger partial charge in [-0.15, -0.1) is 0 Å². The molecular weight excluding hydrogens is 234 g/mol. The predicted molar refractivity (Wildman–Crippen MR) is 78.2 cm³/mol. The minimum atomic E-state index is 0.766. The molecule has 2 heterocycles. The van der Waals surface area contributed by atoms with Crippen LogP contribution in [-0.4, -0.2) is 9.38 Å². The molecule has 0 aliphatic carbocycles. The molecule has 0 atom stereocenters. The van der Waals surface area contributed by atoms with E-state index in [0.29, 0.717) is 0 Å². The van der Waals surface area contributed by atoms with Crippen molar-refractivity contribution in [2.24, 2.45) is 0 Å². The molecule has 3 aromatic rings. The highest BCUT2D eigenvalue weighted by Crippen LogP contribution is 2.13. The Morgan fingerprint density at radius 2 is 2.05 bits per heavy atom. The summed E-state index contributed by atoms with van der Waals surface area (Å²) in [4.78, 5) is 4.48. The number of nitrogen functional groups attached to an aromatic ring is 1. The van der Waals surface area contributed by atoms with Crippen molar-refractivity contribution in [2.75, 3.05) is 5.73 Å². The van der Waals surface area contributed by atoms with E-state index < -0.39 is 0 Å². The van der Waals surface area contributed by atoms with E-state index in [1.54, 1.807) is 0 Å². The Morgan fingerprint density at radius 3 is 2.89 bits per heavy atom. The van der Waals surface area contributed by atoms with Gasteiger partial charge in [0.25, 0.3) is 0 Å². The van der Waals surface area contributed by atoms with E-state index in [0.717, 1.165) is 29.9 Å². The Morgan fingerprint density at radius 1 is 1.16 bits per heavy atom. The SMILES string of the molecule is Cc1cccc(CCc2ncc3ccc(N)cn23)c1. The summed E-state index contributed by atoms with van der Waals surface area (Å²) in [6.07, 6.45) is 5.75. The molecule has 3 heteroatoms. The standard InChI is InChI=1S/C16H17N3/c1-12-3-2-4-13(9-12)5-8-16-18-10-15-7-6-14(17)11-19(15)16/h2-4,6-7,9-11H,5,8,17H2,1H3. The maximum atomic E-state index is 5.83. The van der Waals surface area contributed by atoms with Crippen LogP contribution in [0.25, 0.3) is 5.52 Å². The quantitative estimate of drug-likeness (QED) is 0.777. The number of pyridine rings is 1. The van der Waals surface area contributed by atoms with Crippen molar-refractivity contribution in [3.63, 3.8) is 0 Å². The van der Waals surface area contributed by atoms with Gasteiger partial charge in [0.15, 0.2) is 0 Å². The van der Waals surface area contributed by atoms with Gasteiger partial charge in [-0.2, -0.15) is 0 Å². The van der Waals surface area contributed by atoms with Crippen molar-refractivity contribution in [3.05, 3.63) is 65.7 Å². The number of benzene rings is 1. The lowest BCUT2D eigenvalue weighted by Crippen LogP contribution is -1.99. The number of imidazole rings is 1. The lowest BCUT2D eigenvalue weighted by molar-refractivity contribution is 0.853. The second kappa shape index (κ2) is 4.76. The zero-order valence-electron chi connectivity index (χ0n) is 11.0. The molecule has 19 heavy (non-hydrogen) atoms. The molecule has 1 aromatic carbocycles. The molecule has 0 spiro atoms. The van der Waals surface area contributed by atoms with E-state index in [2.05, 4.69) is 40.6 Å². The monoisotopic (exact) mass is 251 g/mol. The molecular formula is C16H17N3. The van der Waals surface area contributed by atoms with Gasteiger partial charge in [-0.3, -0.25) is 0 Å². The van der Waals surface area contributed by atoms with Crippen LogP contribution in [0, 0.1) is 6.92 Å². The van der Waals surface area contributed by atoms with Crippen LogP contribution in [0.5, 0.6) is 0 Å². The fourth-order valence-corrected chi connectivity index (χ4v) is 2.37. The number of nitrogens with two attached hydrogens (primary N) is 1. The molecule has 0 fully saturated rings. The van der Waals surface area contributed by atoms with Crippen molar-refractivity contribution in [3.8, 4) is 0 Å². The van der Waals surface area contributed by atoms with Crippen molar-refractivity contribution in [1.82, 2.24) is 9.38 Å². The number of fused-ring (bicyclic) bond motifs is 1. The largest absolute Gasteiger partial charge is 0.398 e. The highest BCUT2D eigenvalue weighted by atomic mass is 15.0. The molecule has 3 rings (SSSR count). The van der Waals surface area contributed by atoms with Crippen LogP contribution in [0.2, 0.25) is 0 Å². The Balaban J connectivity index is 1.84. The maximum Gasteiger partial charge on any atom is 0.113 e. The van der Waals surface area contributed by atoms with Gasteiger partial charge in [-0.05, 0) is 31.0 Å². The van der Waals surface area contributed by atoms with E-state index in [1.807, 2.05) is 24.5 Å². The zero-order chi connectivity index (χ0) is 13.2. The van der Waals surface area contributed by atoms with Crippen molar-refractivity contribution >= 4 is 11.2 Å². The molecule has 0 radical (unpaired) electrons. The number of hydrogen-bond acceptors (Lipinski definition) is 2. The Bertz CT molecular complexity index is 713. The Hall–Kier alpha value is -2.29. The van der Waals surface area contributed by atoms with Crippen LogP contribution in [0.15, 0.2) is 48.8 Å². The van der Waals surface area contributed by atoms with Crippen LogP contribution < -0.4 is 5.73 Å². The minimum Gasteiger partial charge on any atom is -0.398 e. The first-order valence-corrected chi connectivity index (χ1v) is 6.49. The number of rotatable bonds is 3. The number of hydrogen-bond donors (Lipinski definition) is 1. The molecule has 0 saturated carbocycles. The van der Waals surface area contributed by atoms with E-state index in [1.165, 1.54) is 11.1 Å². The lowest BCUT2D eigenvalue weighted by Gasteiger charge is -2.04. The number of anilines is 1. The third-order valence-corrected chi connectivity index (χ3v) is 3.35. The summed E-state index contributed by atoms with van der Waals surface area (Å²) in [6.45, 7) is 2.12. The van der Waals surface area contributed by atoms with Crippen molar-refractivity contribution < 1.29 is 0 Å². The third-order valence-electron chi connectivity index (χ3n) is 3.35. The first kappa shape index (κ1) is 11.8. The minimum absolute atomic E-state index is 0.766. The highest BCUT2D eigenvalue weighted by molar-refractivity contribution is 5.52. The summed E-state index contributed by atoms with van der Waals surface area (Å²) in [7, 11) is 0. The number of aryl methyl sites for hydroxylation is 3. The molecule has 0 aliphatic heterocycles. The summed E-state index contributed by atoms with van der Waals surface area (Å²) >= 11 is 0. The fourth-order valence-electron chi connectivity index (χ4n) is 2.37. The van der Waals surface area contributed by atoms with Gasteiger partial charge in [0.2, 0.25) is 0 Å². The number of aromatic nitrogens is 2. The lowest BCUT2D eigenvalue weighted by atomic mass is 10.1. The average Bonchev–Trinajstić information content (AvgIpc) is 2.79. The molecule has 2 aromatic heterocycles. The molecule has 0 bridgehead atoms. The Labute approximate surface area is 112 Å². The summed E-state index contributed by atoms with van der Waals surface area (Å²) in [5, 5.41) is 0. The smallest absolute Gasteiger partial charge is 0.113 e. The third kappa shape index (κ3) is 2.45. The summed E-state index contributed by atoms with van der Waals surface area (Å²) in [5.41, 5.74) is 10.3. The second-order valence-corrected chi connectivity index (χ2v) is 4.92. The van der Waals surface area contributed by atoms with Gasteiger partial charge < -0.3 is 10.1 Å². The topological polar surface area (TPSA) is 43.3 Å². The molecule has 0 amide bonds. The van der Waals surface area contributed by atoms with E-state index >= 15 is 0 Å². The van der Waals surface area contributed by atoms with Gasteiger partial charge in [-0.1, -0.05) is 29.8 Å². The van der Waals surface area contributed by atoms with Crippen LogP contribution in [0.4, 0.5) is 5.69 Å².